The highest BCUT2D eigenvalue weighted by atomic mass is 19.4. The topological polar surface area (TPSA) is 149 Å². The van der Waals surface area contributed by atoms with Gasteiger partial charge in [0.15, 0.2) is 0 Å². The Kier molecular flexibility index (Phi) is 8.49. The number of aromatic nitrogens is 2. The number of hydrogen-bond donors (Lipinski definition) is 3. The number of carbonyl (C=O) groups excluding carboxylic acids is 1. The monoisotopic (exact) mass is 537 g/mol. The van der Waals surface area contributed by atoms with E-state index < -0.39 is 11.3 Å². The van der Waals surface area contributed by atoms with Crippen LogP contribution in [-0.2, 0) is 11.3 Å². The van der Waals surface area contributed by atoms with Crippen LogP contribution < -0.4 is 21.1 Å². The molecule has 1 saturated carbocycles. The number of para-hydroxylation sites is 1. The molecule has 206 valence electrons. The molecule has 1 aromatic carbocycles. The van der Waals surface area contributed by atoms with E-state index in [0.29, 0.717) is 12.6 Å². The number of nitrogens with one attached hydrogen (secondary N) is 2. The summed E-state index contributed by atoms with van der Waals surface area (Å²) in [7, 11) is 0. The highest BCUT2D eigenvalue weighted by Crippen LogP contribution is 2.33. The fraction of sp³-hybridized carbons (Fsp3) is 0.542. The third-order valence-electron chi connectivity index (χ3n) is 7.07. The number of amides is 1. The van der Waals surface area contributed by atoms with Crippen molar-refractivity contribution < 1.29 is 27.6 Å². The van der Waals surface area contributed by atoms with E-state index in [2.05, 4.69) is 30.2 Å². The molecule has 11 nitrogen and oxygen atoms in total. The zero-order valence-corrected chi connectivity index (χ0v) is 20.6. The first kappa shape index (κ1) is 27.4. The Morgan fingerprint density at radius 1 is 1.18 bits per heavy atom. The number of ether oxygens (including phenoxy) is 1. The van der Waals surface area contributed by atoms with E-state index in [9.17, 15) is 28.1 Å². The van der Waals surface area contributed by atoms with Gasteiger partial charge in [0, 0.05) is 24.7 Å². The molecule has 2 aromatic rings. The molecule has 2 heterocycles. The summed E-state index contributed by atoms with van der Waals surface area (Å²) in [5, 5.41) is 17.4. The number of primary amides is 1. The van der Waals surface area contributed by atoms with E-state index >= 15 is 0 Å². The zero-order valence-electron chi connectivity index (χ0n) is 20.6. The Bertz CT molecular complexity index is 1140. The van der Waals surface area contributed by atoms with Crippen LogP contribution in [0.25, 0.3) is 0 Å². The number of alkyl halides is 3. The smallest absolute Gasteiger partial charge is 0.405 e. The summed E-state index contributed by atoms with van der Waals surface area (Å²) in [6.07, 6.45) is 1.58. The first-order valence-electron chi connectivity index (χ1n) is 12.5. The minimum Gasteiger partial charge on any atom is -0.405 e. The number of benzene rings is 1. The number of nitrogens with zero attached hydrogens (tertiary/aromatic N) is 4. The van der Waals surface area contributed by atoms with Crippen LogP contribution in [0.5, 0.6) is 5.75 Å². The van der Waals surface area contributed by atoms with Crippen molar-refractivity contribution in [2.45, 2.75) is 63.5 Å². The van der Waals surface area contributed by atoms with Crippen molar-refractivity contribution in [3.8, 4) is 5.75 Å². The largest absolute Gasteiger partial charge is 0.573 e. The second-order valence-electron chi connectivity index (χ2n) is 9.55. The fourth-order valence-electron chi connectivity index (χ4n) is 5.23. The molecule has 0 bridgehead atoms. The number of anilines is 2. The van der Waals surface area contributed by atoms with Gasteiger partial charge in [0.05, 0.1) is 11.0 Å². The molecule has 1 atom stereocenters. The highest BCUT2D eigenvalue weighted by molar-refractivity contribution is 5.80. The summed E-state index contributed by atoms with van der Waals surface area (Å²) in [6, 6.07) is 5.75. The van der Waals surface area contributed by atoms with Gasteiger partial charge in [0.25, 0.3) is 0 Å². The lowest BCUT2D eigenvalue weighted by Gasteiger charge is -2.37. The van der Waals surface area contributed by atoms with E-state index in [0.717, 1.165) is 51.3 Å². The Morgan fingerprint density at radius 2 is 1.92 bits per heavy atom. The van der Waals surface area contributed by atoms with Gasteiger partial charge in [-0.3, -0.25) is 19.8 Å². The average molecular weight is 538 g/mol. The molecule has 14 heteroatoms. The number of nitrogens with two attached hydrogens (primary N) is 1. The quantitative estimate of drug-likeness (QED) is 0.304. The molecular formula is C24H30F3N7O4. The molecule has 1 aromatic heterocycles. The number of carbonyl (C=O) groups is 1. The summed E-state index contributed by atoms with van der Waals surface area (Å²) >= 11 is 0. The number of halogens is 3. The third-order valence-corrected chi connectivity index (χ3v) is 7.07. The van der Waals surface area contributed by atoms with E-state index in [-0.39, 0.29) is 53.2 Å². The van der Waals surface area contributed by atoms with Crippen molar-refractivity contribution in [3.63, 3.8) is 0 Å². The van der Waals surface area contributed by atoms with Crippen molar-refractivity contribution >= 4 is 23.4 Å². The van der Waals surface area contributed by atoms with Crippen LogP contribution in [0.15, 0.2) is 30.5 Å². The Morgan fingerprint density at radius 3 is 2.61 bits per heavy atom. The average Bonchev–Trinajstić information content (AvgIpc) is 3.37. The molecule has 2 aliphatic rings. The second kappa shape index (κ2) is 11.8. The van der Waals surface area contributed by atoms with E-state index in [1.54, 1.807) is 6.07 Å². The van der Waals surface area contributed by atoms with Gasteiger partial charge < -0.3 is 21.1 Å². The van der Waals surface area contributed by atoms with Crippen LogP contribution in [-0.4, -0.2) is 57.2 Å². The van der Waals surface area contributed by atoms with Crippen molar-refractivity contribution in [2.24, 2.45) is 11.7 Å². The number of rotatable bonds is 10. The molecule has 38 heavy (non-hydrogen) atoms. The molecular weight excluding hydrogens is 507 g/mol. The summed E-state index contributed by atoms with van der Waals surface area (Å²) in [6.45, 7) is 1.25. The van der Waals surface area contributed by atoms with Crippen molar-refractivity contribution in [2.75, 3.05) is 23.7 Å². The zero-order chi connectivity index (χ0) is 27.3. The van der Waals surface area contributed by atoms with Crippen molar-refractivity contribution in [1.82, 2.24) is 14.9 Å². The van der Waals surface area contributed by atoms with Gasteiger partial charge in [0.2, 0.25) is 17.7 Å². The molecule has 0 spiro atoms. The van der Waals surface area contributed by atoms with E-state index in [1.165, 1.54) is 18.2 Å². The minimum absolute atomic E-state index is 0.0233. The number of hydrogen-bond acceptors (Lipinski definition) is 9. The molecule has 1 aliphatic heterocycles. The predicted octanol–water partition coefficient (Wildman–Crippen LogP) is 3.82. The van der Waals surface area contributed by atoms with Crippen molar-refractivity contribution in [1.29, 1.82) is 0 Å². The Hall–Kier alpha value is -3.68. The second-order valence-corrected chi connectivity index (χ2v) is 9.55. The van der Waals surface area contributed by atoms with Crippen LogP contribution in [0.4, 0.5) is 30.6 Å². The normalized spacial score (nSPS) is 22.1. The fourth-order valence-corrected chi connectivity index (χ4v) is 5.23. The lowest BCUT2D eigenvalue weighted by Crippen LogP contribution is -2.47. The summed E-state index contributed by atoms with van der Waals surface area (Å²) in [4.78, 5) is 33.0. The summed E-state index contributed by atoms with van der Waals surface area (Å²) in [5.41, 5.74) is 5.47. The SMILES string of the molecule is NC(=O)[C@@H]1CCCN1[C@H]1CC[C@H](CNc2nc(NCc3ccccc3OC(F)(F)F)ncc2[N+](=O)[O-])CC1. The maximum absolute atomic E-state index is 12.7. The lowest BCUT2D eigenvalue weighted by atomic mass is 9.85. The maximum Gasteiger partial charge on any atom is 0.573 e. The van der Waals surface area contributed by atoms with Gasteiger partial charge >= 0.3 is 12.0 Å². The van der Waals surface area contributed by atoms with Gasteiger partial charge in [-0.15, -0.1) is 13.2 Å². The number of likely N-dealkylation sites (tertiary alicyclic amines) is 1. The third kappa shape index (κ3) is 7.00. The van der Waals surface area contributed by atoms with Crippen molar-refractivity contribution in [3.05, 3.63) is 46.1 Å². The van der Waals surface area contributed by atoms with Crippen LogP contribution in [0, 0.1) is 16.0 Å². The van der Waals surface area contributed by atoms with E-state index in [4.69, 9.17) is 5.73 Å². The van der Waals surface area contributed by atoms with Gasteiger partial charge in [-0.2, -0.15) is 4.98 Å². The van der Waals surface area contributed by atoms with Crippen LogP contribution >= 0.6 is 0 Å². The van der Waals surface area contributed by atoms with Crippen LogP contribution in [0.3, 0.4) is 0 Å². The minimum atomic E-state index is -4.84. The lowest BCUT2D eigenvalue weighted by molar-refractivity contribution is -0.384. The molecule has 0 radical (unpaired) electrons. The molecule has 4 N–H and O–H groups in total. The van der Waals surface area contributed by atoms with E-state index in [1.807, 2.05) is 0 Å². The molecule has 1 aliphatic carbocycles. The van der Waals surface area contributed by atoms with Gasteiger partial charge in [-0.25, -0.2) is 4.98 Å². The molecule has 1 saturated heterocycles. The molecule has 1 amide bonds. The van der Waals surface area contributed by atoms with Crippen LogP contribution in [0.2, 0.25) is 0 Å². The first-order valence-corrected chi connectivity index (χ1v) is 12.5. The van der Waals surface area contributed by atoms with Gasteiger partial charge in [0.1, 0.15) is 11.9 Å². The standard InChI is InChI=1S/C24H30F3N7O4/c25-24(26,27)38-20-6-2-1-4-16(20)13-30-23-31-14-19(34(36)37)22(32-23)29-12-15-7-9-17(10-8-15)33-11-3-5-18(33)21(28)35/h1-2,4,6,14-15,17-18H,3,5,7-13H2,(H2,28,35)(H2,29,30,31,32)/t15-,17-,18-/m0/s1. The van der Waals surface area contributed by atoms with Gasteiger partial charge in [-0.05, 0) is 57.1 Å². The first-order chi connectivity index (χ1) is 18.1. The molecule has 0 unspecified atom stereocenters. The highest BCUT2D eigenvalue weighted by Gasteiger charge is 2.36. The summed E-state index contributed by atoms with van der Waals surface area (Å²) in [5.74, 6) is -0.321. The maximum atomic E-state index is 12.7. The Balaban J connectivity index is 1.35. The van der Waals surface area contributed by atoms with Gasteiger partial charge in [-0.1, -0.05) is 18.2 Å². The Labute approximate surface area is 217 Å². The summed E-state index contributed by atoms with van der Waals surface area (Å²) < 4.78 is 42.1. The molecule has 2 fully saturated rings. The predicted molar refractivity (Wildman–Crippen MR) is 132 cm³/mol. The molecule has 4 rings (SSSR count). The number of nitro groups is 1. The van der Waals surface area contributed by atoms with Crippen LogP contribution in [0.1, 0.15) is 44.1 Å².